The van der Waals surface area contributed by atoms with E-state index >= 15 is 0 Å². The van der Waals surface area contributed by atoms with E-state index in [1.165, 1.54) is 0 Å². The first-order chi connectivity index (χ1) is 8.63. The van der Waals surface area contributed by atoms with Crippen LogP contribution in [0, 0.1) is 0 Å². The number of hydrogen-bond donors (Lipinski definition) is 2. The van der Waals surface area contributed by atoms with Gasteiger partial charge >= 0.3 is 5.97 Å². The van der Waals surface area contributed by atoms with E-state index in [-0.39, 0.29) is 6.61 Å². The van der Waals surface area contributed by atoms with E-state index in [0.717, 1.165) is 0 Å². The maximum Gasteiger partial charge on any atom is 0.328 e. The number of nitrogens with one attached hydrogen (secondary N) is 1. The minimum Gasteiger partial charge on any atom is -0.480 e. The number of carboxylic acid groups (broad SMARTS) is 1. The number of carbonyl (C=O) groups is 1. The second-order valence-electron chi connectivity index (χ2n) is 3.61. The minimum atomic E-state index is -0.979. The number of aliphatic carboxylic acids is 1. The van der Waals surface area contributed by atoms with Gasteiger partial charge in [-0.3, -0.25) is 0 Å². The summed E-state index contributed by atoms with van der Waals surface area (Å²) in [6, 6.07) is 6.05. The van der Waals surface area contributed by atoms with Gasteiger partial charge in [0.05, 0.1) is 19.8 Å². The molecule has 0 radical (unpaired) electrons. The Bertz CT molecular complexity index is 386. The van der Waals surface area contributed by atoms with Gasteiger partial charge in [0.1, 0.15) is 6.04 Å². The third-order valence-corrected chi connectivity index (χ3v) is 2.42. The van der Waals surface area contributed by atoms with Crippen LogP contribution < -0.4 is 5.32 Å². The highest BCUT2D eigenvalue weighted by molar-refractivity contribution is 6.30. The number of halogens is 1. The van der Waals surface area contributed by atoms with Gasteiger partial charge in [-0.1, -0.05) is 17.7 Å². The van der Waals surface area contributed by atoms with Crippen LogP contribution in [0.25, 0.3) is 0 Å². The molecule has 0 spiro atoms. The average Bonchev–Trinajstić information content (AvgIpc) is 2.33. The fourth-order valence-electron chi connectivity index (χ4n) is 1.30. The molecule has 2 N–H and O–H groups in total. The third-order valence-electron chi connectivity index (χ3n) is 2.18. The Labute approximate surface area is 111 Å². The van der Waals surface area contributed by atoms with Crippen LogP contribution in [0.15, 0.2) is 24.3 Å². The second kappa shape index (κ2) is 7.92. The zero-order valence-electron chi connectivity index (χ0n) is 10.1. The zero-order valence-corrected chi connectivity index (χ0v) is 10.8. The van der Waals surface area contributed by atoms with E-state index in [4.69, 9.17) is 26.2 Å². The molecule has 0 fully saturated rings. The molecular formula is C12H16ClNO4. The molecular weight excluding hydrogens is 258 g/mol. The summed E-state index contributed by atoms with van der Waals surface area (Å²) in [7, 11) is 1.56. The van der Waals surface area contributed by atoms with E-state index in [1.54, 1.807) is 31.4 Å². The molecule has 0 saturated carbocycles. The predicted octanol–water partition coefficient (Wildman–Crippen LogP) is 1.87. The highest BCUT2D eigenvalue weighted by atomic mass is 35.5. The zero-order chi connectivity index (χ0) is 13.4. The number of carboxylic acids is 1. The number of anilines is 1. The first-order valence-corrected chi connectivity index (χ1v) is 5.83. The lowest BCUT2D eigenvalue weighted by molar-refractivity contribution is -0.139. The van der Waals surface area contributed by atoms with Gasteiger partial charge in [0.2, 0.25) is 0 Å². The van der Waals surface area contributed by atoms with Crippen molar-refractivity contribution in [1.82, 2.24) is 0 Å². The average molecular weight is 274 g/mol. The lowest BCUT2D eigenvalue weighted by atomic mass is 10.2. The van der Waals surface area contributed by atoms with Gasteiger partial charge in [0.15, 0.2) is 0 Å². The van der Waals surface area contributed by atoms with Crippen LogP contribution in [-0.2, 0) is 14.3 Å². The highest BCUT2D eigenvalue weighted by Crippen LogP contribution is 2.15. The van der Waals surface area contributed by atoms with Gasteiger partial charge in [0.25, 0.3) is 0 Å². The van der Waals surface area contributed by atoms with Gasteiger partial charge in [-0.05, 0) is 18.2 Å². The van der Waals surface area contributed by atoms with Crippen LogP contribution in [0.3, 0.4) is 0 Å². The van der Waals surface area contributed by atoms with Crippen molar-refractivity contribution < 1.29 is 19.4 Å². The molecule has 1 rings (SSSR count). The Kier molecular flexibility index (Phi) is 6.49. The van der Waals surface area contributed by atoms with Crippen molar-refractivity contribution in [3.8, 4) is 0 Å². The Morgan fingerprint density at radius 3 is 2.89 bits per heavy atom. The number of ether oxygens (including phenoxy) is 2. The molecule has 0 amide bonds. The molecule has 18 heavy (non-hydrogen) atoms. The van der Waals surface area contributed by atoms with Crippen molar-refractivity contribution in [3.05, 3.63) is 29.3 Å². The second-order valence-corrected chi connectivity index (χ2v) is 4.05. The molecule has 0 aliphatic rings. The summed E-state index contributed by atoms with van der Waals surface area (Å²) in [5, 5.41) is 12.4. The van der Waals surface area contributed by atoms with Gasteiger partial charge in [0, 0.05) is 17.8 Å². The molecule has 100 valence electrons. The summed E-state index contributed by atoms with van der Waals surface area (Å²) >= 11 is 5.82. The van der Waals surface area contributed by atoms with E-state index in [9.17, 15) is 4.79 Å². The van der Waals surface area contributed by atoms with Crippen molar-refractivity contribution in [2.75, 3.05) is 32.2 Å². The maximum atomic E-state index is 11.0. The summed E-state index contributed by atoms with van der Waals surface area (Å²) in [6.07, 6.45) is 0. The Hall–Kier alpha value is -1.30. The number of rotatable bonds is 8. The molecule has 0 aromatic heterocycles. The first kappa shape index (κ1) is 14.8. The van der Waals surface area contributed by atoms with Crippen molar-refractivity contribution >= 4 is 23.3 Å². The molecule has 0 aliphatic heterocycles. The molecule has 0 heterocycles. The Balaban J connectivity index is 2.50. The molecule has 1 aromatic rings. The molecule has 1 aromatic carbocycles. The number of benzene rings is 1. The fraction of sp³-hybridized carbons (Fsp3) is 0.417. The van der Waals surface area contributed by atoms with E-state index in [2.05, 4.69) is 5.32 Å². The van der Waals surface area contributed by atoms with Crippen LogP contribution in [0.2, 0.25) is 5.02 Å². The maximum absolute atomic E-state index is 11.0. The molecule has 1 unspecified atom stereocenters. The third kappa shape index (κ3) is 5.35. The summed E-state index contributed by atoms with van der Waals surface area (Å²) in [4.78, 5) is 11.0. The lowest BCUT2D eigenvalue weighted by Crippen LogP contribution is -2.34. The van der Waals surface area contributed by atoms with Gasteiger partial charge < -0.3 is 19.9 Å². The normalized spacial score (nSPS) is 12.1. The van der Waals surface area contributed by atoms with E-state index in [0.29, 0.717) is 23.9 Å². The standard InChI is InChI=1S/C12H16ClNO4/c1-17-5-6-18-8-11(12(15)16)14-10-4-2-3-9(13)7-10/h2-4,7,11,14H,5-6,8H2,1H3,(H,15,16). The fourth-order valence-corrected chi connectivity index (χ4v) is 1.49. The Morgan fingerprint density at radius 1 is 1.50 bits per heavy atom. The van der Waals surface area contributed by atoms with Crippen LogP contribution in [-0.4, -0.2) is 44.0 Å². The van der Waals surface area contributed by atoms with Crippen molar-refractivity contribution in [2.24, 2.45) is 0 Å². The summed E-state index contributed by atoms with van der Waals surface area (Å²) in [5.74, 6) is -0.979. The van der Waals surface area contributed by atoms with Gasteiger partial charge in [-0.25, -0.2) is 4.79 Å². The predicted molar refractivity (Wildman–Crippen MR) is 69.2 cm³/mol. The van der Waals surface area contributed by atoms with Crippen molar-refractivity contribution in [1.29, 1.82) is 0 Å². The first-order valence-electron chi connectivity index (χ1n) is 5.45. The van der Waals surface area contributed by atoms with Gasteiger partial charge in [-0.2, -0.15) is 0 Å². The highest BCUT2D eigenvalue weighted by Gasteiger charge is 2.17. The number of methoxy groups -OCH3 is 1. The quantitative estimate of drug-likeness (QED) is 0.708. The number of hydrogen-bond acceptors (Lipinski definition) is 4. The van der Waals surface area contributed by atoms with E-state index < -0.39 is 12.0 Å². The molecule has 0 saturated heterocycles. The van der Waals surface area contributed by atoms with Crippen molar-refractivity contribution in [3.63, 3.8) is 0 Å². The summed E-state index contributed by atoms with van der Waals surface area (Å²) in [6.45, 7) is 0.853. The molecule has 6 heteroatoms. The summed E-state index contributed by atoms with van der Waals surface area (Å²) in [5.41, 5.74) is 0.644. The van der Waals surface area contributed by atoms with Crippen LogP contribution in [0.1, 0.15) is 0 Å². The molecule has 0 bridgehead atoms. The largest absolute Gasteiger partial charge is 0.480 e. The monoisotopic (exact) mass is 273 g/mol. The smallest absolute Gasteiger partial charge is 0.328 e. The van der Waals surface area contributed by atoms with Crippen molar-refractivity contribution in [2.45, 2.75) is 6.04 Å². The Morgan fingerprint density at radius 2 is 2.28 bits per heavy atom. The summed E-state index contributed by atoms with van der Waals surface area (Å²) < 4.78 is 10.0. The van der Waals surface area contributed by atoms with Gasteiger partial charge in [-0.15, -0.1) is 0 Å². The van der Waals surface area contributed by atoms with Crippen LogP contribution in [0.4, 0.5) is 5.69 Å². The molecule has 1 atom stereocenters. The minimum absolute atomic E-state index is 0.0607. The SMILES string of the molecule is COCCOCC(Nc1cccc(Cl)c1)C(=O)O. The van der Waals surface area contributed by atoms with E-state index in [1.807, 2.05) is 0 Å². The lowest BCUT2D eigenvalue weighted by Gasteiger charge is -2.16. The molecule has 5 nitrogen and oxygen atoms in total. The van der Waals surface area contributed by atoms with Crippen LogP contribution >= 0.6 is 11.6 Å². The topological polar surface area (TPSA) is 67.8 Å². The molecule has 0 aliphatic carbocycles. The van der Waals surface area contributed by atoms with Crippen LogP contribution in [0.5, 0.6) is 0 Å².